The Balaban J connectivity index is 2.31. The van der Waals surface area contributed by atoms with E-state index in [1.54, 1.807) is 7.11 Å². The molecule has 16 heavy (non-hydrogen) atoms. The SMILES string of the molecule is CCC(C)CNCCc1ccccc1OC. The fraction of sp³-hybridized carbons (Fsp3) is 0.571. The van der Waals surface area contributed by atoms with E-state index in [4.69, 9.17) is 4.74 Å². The third-order valence-corrected chi connectivity index (χ3v) is 2.95. The minimum Gasteiger partial charge on any atom is -0.496 e. The number of ether oxygens (including phenoxy) is 1. The van der Waals surface area contributed by atoms with Crippen LogP contribution in [0.4, 0.5) is 0 Å². The summed E-state index contributed by atoms with van der Waals surface area (Å²) in [6, 6.07) is 8.22. The third-order valence-electron chi connectivity index (χ3n) is 2.95. The predicted molar refractivity (Wildman–Crippen MR) is 69.0 cm³/mol. The standard InChI is InChI=1S/C14H23NO/c1-4-12(2)11-15-10-9-13-7-5-6-8-14(13)16-3/h5-8,12,15H,4,9-11H2,1-3H3. The highest BCUT2D eigenvalue weighted by Gasteiger charge is 2.01. The minimum atomic E-state index is 0.762. The van der Waals surface area contributed by atoms with Gasteiger partial charge in [-0.2, -0.15) is 0 Å². The Labute approximate surface area is 99.0 Å². The summed E-state index contributed by atoms with van der Waals surface area (Å²) in [7, 11) is 1.73. The molecule has 2 nitrogen and oxygen atoms in total. The van der Waals surface area contributed by atoms with E-state index in [9.17, 15) is 0 Å². The number of benzene rings is 1. The Bertz CT molecular complexity index is 299. The molecule has 1 atom stereocenters. The molecule has 0 radical (unpaired) electrons. The van der Waals surface area contributed by atoms with Gasteiger partial charge in [-0.3, -0.25) is 0 Å². The van der Waals surface area contributed by atoms with Gasteiger partial charge in [0.25, 0.3) is 0 Å². The summed E-state index contributed by atoms with van der Waals surface area (Å²) in [4.78, 5) is 0. The molecule has 0 aliphatic heterocycles. The highest BCUT2D eigenvalue weighted by molar-refractivity contribution is 5.33. The number of hydrogen-bond donors (Lipinski definition) is 1. The molecular formula is C14H23NO. The van der Waals surface area contributed by atoms with E-state index in [2.05, 4.69) is 31.3 Å². The largest absolute Gasteiger partial charge is 0.496 e. The first-order valence-corrected chi connectivity index (χ1v) is 6.10. The topological polar surface area (TPSA) is 21.3 Å². The maximum atomic E-state index is 5.32. The lowest BCUT2D eigenvalue weighted by atomic mass is 10.1. The Morgan fingerprint density at radius 1 is 1.31 bits per heavy atom. The van der Waals surface area contributed by atoms with Crippen molar-refractivity contribution < 1.29 is 4.74 Å². The van der Waals surface area contributed by atoms with Crippen LogP contribution in [0.5, 0.6) is 5.75 Å². The Morgan fingerprint density at radius 3 is 2.75 bits per heavy atom. The smallest absolute Gasteiger partial charge is 0.122 e. The van der Waals surface area contributed by atoms with E-state index in [0.717, 1.165) is 31.2 Å². The number of methoxy groups -OCH3 is 1. The molecule has 0 saturated heterocycles. The lowest BCUT2D eigenvalue weighted by Crippen LogP contribution is -2.23. The van der Waals surface area contributed by atoms with Crippen LogP contribution in [0.15, 0.2) is 24.3 Å². The average Bonchev–Trinajstić information content (AvgIpc) is 2.34. The summed E-state index contributed by atoms with van der Waals surface area (Å²) in [5.41, 5.74) is 1.28. The lowest BCUT2D eigenvalue weighted by molar-refractivity contribution is 0.408. The minimum absolute atomic E-state index is 0.762. The van der Waals surface area contributed by atoms with Crippen LogP contribution in [0.25, 0.3) is 0 Å². The molecule has 1 unspecified atom stereocenters. The van der Waals surface area contributed by atoms with Gasteiger partial charge in [-0.15, -0.1) is 0 Å². The molecule has 1 aromatic rings. The number of para-hydroxylation sites is 1. The quantitative estimate of drug-likeness (QED) is 0.715. The summed E-state index contributed by atoms with van der Waals surface area (Å²) in [5.74, 6) is 1.76. The average molecular weight is 221 g/mol. The highest BCUT2D eigenvalue weighted by Crippen LogP contribution is 2.17. The van der Waals surface area contributed by atoms with Crippen LogP contribution in [-0.4, -0.2) is 20.2 Å². The van der Waals surface area contributed by atoms with Crippen LogP contribution in [0, 0.1) is 5.92 Å². The van der Waals surface area contributed by atoms with Gasteiger partial charge in [0.2, 0.25) is 0 Å². The normalized spacial score (nSPS) is 12.4. The molecule has 0 bridgehead atoms. The van der Waals surface area contributed by atoms with Gasteiger partial charge < -0.3 is 10.1 Å². The van der Waals surface area contributed by atoms with Gasteiger partial charge in [0, 0.05) is 0 Å². The Morgan fingerprint density at radius 2 is 2.06 bits per heavy atom. The summed E-state index contributed by atoms with van der Waals surface area (Å²) in [6.45, 7) is 6.62. The summed E-state index contributed by atoms with van der Waals surface area (Å²) < 4.78 is 5.32. The van der Waals surface area contributed by atoms with E-state index in [-0.39, 0.29) is 0 Å². The second-order valence-corrected chi connectivity index (χ2v) is 4.28. The Kier molecular flexibility index (Phi) is 5.94. The van der Waals surface area contributed by atoms with Crippen LogP contribution in [0.1, 0.15) is 25.8 Å². The van der Waals surface area contributed by atoms with Crippen molar-refractivity contribution in [3.8, 4) is 5.75 Å². The second kappa shape index (κ2) is 7.29. The van der Waals surface area contributed by atoms with Crippen LogP contribution in [0.2, 0.25) is 0 Å². The molecular weight excluding hydrogens is 198 g/mol. The van der Waals surface area contributed by atoms with Crippen molar-refractivity contribution in [1.82, 2.24) is 5.32 Å². The number of rotatable bonds is 7. The van der Waals surface area contributed by atoms with Crippen LogP contribution in [0.3, 0.4) is 0 Å². The second-order valence-electron chi connectivity index (χ2n) is 4.28. The predicted octanol–water partition coefficient (Wildman–Crippen LogP) is 2.87. The molecule has 0 fully saturated rings. The monoisotopic (exact) mass is 221 g/mol. The van der Waals surface area contributed by atoms with Gasteiger partial charge in [0.15, 0.2) is 0 Å². The molecule has 0 aliphatic rings. The van der Waals surface area contributed by atoms with Crippen LogP contribution >= 0.6 is 0 Å². The third kappa shape index (κ3) is 4.23. The summed E-state index contributed by atoms with van der Waals surface area (Å²) >= 11 is 0. The van der Waals surface area contributed by atoms with E-state index in [1.807, 2.05) is 12.1 Å². The van der Waals surface area contributed by atoms with Gasteiger partial charge in [-0.25, -0.2) is 0 Å². The van der Waals surface area contributed by atoms with E-state index in [1.165, 1.54) is 12.0 Å². The van der Waals surface area contributed by atoms with E-state index in [0.29, 0.717) is 0 Å². The van der Waals surface area contributed by atoms with Crippen LogP contribution in [-0.2, 0) is 6.42 Å². The van der Waals surface area contributed by atoms with Crippen molar-refractivity contribution >= 4 is 0 Å². The van der Waals surface area contributed by atoms with Crippen molar-refractivity contribution in [2.45, 2.75) is 26.7 Å². The fourth-order valence-electron chi connectivity index (χ4n) is 1.63. The molecule has 1 aromatic carbocycles. The fourth-order valence-corrected chi connectivity index (χ4v) is 1.63. The molecule has 90 valence electrons. The van der Waals surface area contributed by atoms with Gasteiger partial charge in [-0.05, 0) is 37.1 Å². The maximum absolute atomic E-state index is 5.32. The van der Waals surface area contributed by atoms with Crippen LogP contribution < -0.4 is 10.1 Å². The summed E-state index contributed by atoms with van der Waals surface area (Å²) in [5, 5.41) is 3.48. The van der Waals surface area contributed by atoms with Crippen molar-refractivity contribution in [2.75, 3.05) is 20.2 Å². The molecule has 0 spiro atoms. The zero-order valence-corrected chi connectivity index (χ0v) is 10.6. The van der Waals surface area contributed by atoms with Crippen molar-refractivity contribution in [2.24, 2.45) is 5.92 Å². The van der Waals surface area contributed by atoms with Gasteiger partial charge in [0.05, 0.1) is 7.11 Å². The number of hydrogen-bond acceptors (Lipinski definition) is 2. The first-order chi connectivity index (χ1) is 7.77. The molecule has 1 N–H and O–H groups in total. The van der Waals surface area contributed by atoms with Crippen molar-refractivity contribution in [3.63, 3.8) is 0 Å². The van der Waals surface area contributed by atoms with E-state index < -0.39 is 0 Å². The zero-order valence-electron chi connectivity index (χ0n) is 10.6. The van der Waals surface area contributed by atoms with Gasteiger partial charge in [-0.1, -0.05) is 38.5 Å². The lowest BCUT2D eigenvalue weighted by Gasteiger charge is -2.11. The molecule has 0 saturated carbocycles. The zero-order chi connectivity index (χ0) is 11.8. The van der Waals surface area contributed by atoms with Crippen molar-refractivity contribution in [1.29, 1.82) is 0 Å². The first-order valence-electron chi connectivity index (χ1n) is 6.10. The Hall–Kier alpha value is -1.02. The molecule has 0 heterocycles. The molecule has 0 aromatic heterocycles. The molecule has 2 heteroatoms. The molecule has 1 rings (SSSR count). The molecule has 0 aliphatic carbocycles. The van der Waals surface area contributed by atoms with Gasteiger partial charge >= 0.3 is 0 Å². The number of nitrogens with one attached hydrogen (secondary N) is 1. The molecule has 0 amide bonds. The van der Waals surface area contributed by atoms with Gasteiger partial charge in [0.1, 0.15) is 5.75 Å². The highest BCUT2D eigenvalue weighted by atomic mass is 16.5. The maximum Gasteiger partial charge on any atom is 0.122 e. The van der Waals surface area contributed by atoms with Crippen molar-refractivity contribution in [3.05, 3.63) is 29.8 Å². The van der Waals surface area contributed by atoms with E-state index >= 15 is 0 Å². The first kappa shape index (κ1) is 13.0. The summed E-state index contributed by atoms with van der Waals surface area (Å²) in [6.07, 6.45) is 2.27.